The molecule has 0 spiro atoms. The van der Waals surface area contributed by atoms with Gasteiger partial charge in [-0.1, -0.05) is 0 Å². The van der Waals surface area contributed by atoms with Crippen LogP contribution in [0.1, 0.15) is 31.8 Å². The summed E-state index contributed by atoms with van der Waals surface area (Å²) in [7, 11) is 0. The molecule has 0 saturated heterocycles. The maximum atomic E-state index is 12.9. The van der Waals surface area contributed by atoms with Crippen LogP contribution in [0.4, 0.5) is 0 Å². The lowest BCUT2D eigenvalue weighted by molar-refractivity contribution is 0.0763. The number of thiophene rings is 1. The summed E-state index contributed by atoms with van der Waals surface area (Å²) < 4.78 is 2.44. The van der Waals surface area contributed by atoms with Crippen molar-refractivity contribution < 1.29 is 4.79 Å². The number of hydrogen-bond donors (Lipinski definition) is 0. The van der Waals surface area contributed by atoms with Crippen molar-refractivity contribution in [2.75, 3.05) is 13.1 Å². The second kappa shape index (κ2) is 6.03. The first-order valence-electron chi connectivity index (χ1n) is 8.16. The third-order valence-corrected chi connectivity index (χ3v) is 6.65. The van der Waals surface area contributed by atoms with Gasteiger partial charge in [-0.25, -0.2) is 9.97 Å². The third-order valence-electron chi connectivity index (χ3n) is 4.52. The Morgan fingerprint density at radius 1 is 1.16 bits per heavy atom. The standard InChI is InChI=1S/C17H18N4O2S2/c1-9-8-24-15-13(9)19-12-4-5-20(6-7-21(12)17(15)23)16(22)14-10(2)18-11(3)25-14/h8H,4-7H2,1-3H3. The van der Waals surface area contributed by atoms with Gasteiger partial charge in [-0.3, -0.25) is 14.2 Å². The molecule has 0 unspecified atom stereocenters. The summed E-state index contributed by atoms with van der Waals surface area (Å²) in [6.45, 7) is 7.31. The van der Waals surface area contributed by atoms with Crippen molar-refractivity contribution in [2.45, 2.75) is 33.7 Å². The minimum Gasteiger partial charge on any atom is -0.336 e. The number of aryl methyl sites for hydroxylation is 3. The molecular formula is C17H18N4O2S2. The van der Waals surface area contributed by atoms with Gasteiger partial charge in [-0.05, 0) is 31.7 Å². The number of nitrogens with zero attached hydrogens (tertiary/aromatic N) is 4. The molecule has 1 aliphatic rings. The van der Waals surface area contributed by atoms with Crippen LogP contribution in [-0.2, 0) is 13.0 Å². The number of hydrogen-bond acceptors (Lipinski definition) is 6. The molecule has 6 nitrogen and oxygen atoms in total. The molecule has 0 fully saturated rings. The molecule has 1 amide bonds. The number of thiazole rings is 1. The van der Waals surface area contributed by atoms with Crippen molar-refractivity contribution >= 4 is 38.8 Å². The van der Waals surface area contributed by atoms with Crippen LogP contribution in [0.25, 0.3) is 10.2 Å². The van der Waals surface area contributed by atoms with E-state index in [1.807, 2.05) is 31.1 Å². The quantitative estimate of drug-likeness (QED) is 0.656. The normalized spacial score (nSPS) is 14.6. The summed E-state index contributed by atoms with van der Waals surface area (Å²) in [6.07, 6.45) is 0.586. The molecule has 0 saturated carbocycles. The lowest BCUT2D eigenvalue weighted by Gasteiger charge is -2.19. The highest BCUT2D eigenvalue weighted by Gasteiger charge is 2.25. The summed E-state index contributed by atoms with van der Waals surface area (Å²) in [4.78, 5) is 37.2. The molecule has 0 aromatic carbocycles. The van der Waals surface area contributed by atoms with Gasteiger partial charge in [0.25, 0.3) is 11.5 Å². The maximum absolute atomic E-state index is 12.9. The van der Waals surface area contributed by atoms with Gasteiger partial charge in [-0.15, -0.1) is 22.7 Å². The number of rotatable bonds is 1. The molecule has 4 rings (SSSR count). The number of fused-ring (bicyclic) bond motifs is 2. The minimum atomic E-state index is 0.00180. The fourth-order valence-corrected chi connectivity index (χ4v) is 5.05. The second-order valence-electron chi connectivity index (χ2n) is 6.27. The minimum absolute atomic E-state index is 0.00180. The Morgan fingerprint density at radius 3 is 2.68 bits per heavy atom. The smallest absolute Gasteiger partial charge is 0.271 e. The lowest BCUT2D eigenvalue weighted by atomic mass is 10.3. The predicted molar refractivity (Wildman–Crippen MR) is 99.8 cm³/mol. The van der Waals surface area contributed by atoms with Crippen molar-refractivity contribution in [3.8, 4) is 0 Å². The first-order valence-corrected chi connectivity index (χ1v) is 9.86. The first-order chi connectivity index (χ1) is 12.0. The fourth-order valence-electron chi connectivity index (χ4n) is 3.22. The molecule has 25 heavy (non-hydrogen) atoms. The average molecular weight is 374 g/mol. The van der Waals surface area contributed by atoms with Crippen molar-refractivity contribution in [3.05, 3.63) is 42.7 Å². The molecule has 1 aliphatic heterocycles. The summed E-state index contributed by atoms with van der Waals surface area (Å²) in [5, 5.41) is 2.87. The third kappa shape index (κ3) is 2.69. The van der Waals surface area contributed by atoms with E-state index in [-0.39, 0.29) is 11.5 Å². The Balaban J connectivity index is 1.67. The zero-order valence-electron chi connectivity index (χ0n) is 14.3. The summed E-state index contributed by atoms with van der Waals surface area (Å²) in [5.41, 5.74) is 2.63. The number of aromatic nitrogens is 3. The Morgan fingerprint density at radius 2 is 1.96 bits per heavy atom. The van der Waals surface area contributed by atoms with Crippen LogP contribution in [0.2, 0.25) is 0 Å². The first kappa shape index (κ1) is 16.4. The van der Waals surface area contributed by atoms with Gasteiger partial charge in [0.1, 0.15) is 15.4 Å². The molecule has 0 radical (unpaired) electrons. The number of amides is 1. The molecule has 3 aromatic rings. The van der Waals surface area contributed by atoms with Gasteiger partial charge in [0.2, 0.25) is 0 Å². The van der Waals surface area contributed by atoms with E-state index in [1.165, 1.54) is 22.7 Å². The molecule has 0 atom stereocenters. The molecule has 0 aliphatic carbocycles. The lowest BCUT2D eigenvalue weighted by Crippen LogP contribution is -2.34. The Labute approximate surface area is 152 Å². The van der Waals surface area contributed by atoms with Gasteiger partial charge in [0.05, 0.1) is 16.2 Å². The van der Waals surface area contributed by atoms with E-state index in [2.05, 4.69) is 4.98 Å². The predicted octanol–water partition coefficient (Wildman–Crippen LogP) is 2.54. The van der Waals surface area contributed by atoms with E-state index in [4.69, 9.17) is 4.98 Å². The van der Waals surface area contributed by atoms with Gasteiger partial charge < -0.3 is 4.90 Å². The Kier molecular flexibility index (Phi) is 3.96. The van der Waals surface area contributed by atoms with E-state index < -0.39 is 0 Å². The molecule has 3 aromatic heterocycles. The SMILES string of the molecule is Cc1nc(C)c(C(=O)N2CCc3nc4c(C)csc4c(=O)n3CC2)s1. The van der Waals surface area contributed by atoms with Crippen LogP contribution in [0.15, 0.2) is 10.2 Å². The number of carbonyl (C=O) groups is 1. The highest BCUT2D eigenvalue weighted by Crippen LogP contribution is 2.23. The van der Waals surface area contributed by atoms with Gasteiger partial charge >= 0.3 is 0 Å². The fraction of sp³-hybridized carbons (Fsp3) is 0.412. The molecule has 130 valence electrons. The topological polar surface area (TPSA) is 68.1 Å². The summed E-state index contributed by atoms with van der Waals surface area (Å²) in [6, 6.07) is 0. The van der Waals surface area contributed by atoms with Gasteiger partial charge in [0.15, 0.2) is 0 Å². The summed E-state index contributed by atoms with van der Waals surface area (Å²) in [5.74, 6) is 0.772. The molecule has 8 heteroatoms. The average Bonchev–Trinajstić information content (AvgIpc) is 3.02. The molecule has 0 N–H and O–H groups in total. The van der Waals surface area contributed by atoms with E-state index in [1.54, 1.807) is 4.57 Å². The van der Waals surface area contributed by atoms with Gasteiger partial charge in [-0.2, -0.15) is 0 Å². The van der Waals surface area contributed by atoms with Crippen molar-refractivity contribution in [1.29, 1.82) is 0 Å². The molecule has 0 bridgehead atoms. The van der Waals surface area contributed by atoms with Gasteiger partial charge in [0, 0.05) is 26.1 Å². The zero-order valence-corrected chi connectivity index (χ0v) is 16.0. The Hall–Kier alpha value is -2.06. The zero-order chi connectivity index (χ0) is 17.7. The van der Waals surface area contributed by atoms with Crippen molar-refractivity contribution in [3.63, 3.8) is 0 Å². The second-order valence-corrected chi connectivity index (χ2v) is 8.35. The maximum Gasteiger partial charge on any atom is 0.271 e. The van der Waals surface area contributed by atoms with Crippen LogP contribution in [0.3, 0.4) is 0 Å². The van der Waals surface area contributed by atoms with E-state index in [0.29, 0.717) is 35.6 Å². The summed E-state index contributed by atoms with van der Waals surface area (Å²) >= 11 is 2.88. The van der Waals surface area contributed by atoms with E-state index in [0.717, 1.165) is 27.6 Å². The van der Waals surface area contributed by atoms with Crippen LogP contribution in [0, 0.1) is 20.8 Å². The number of carbonyl (C=O) groups excluding carboxylic acids is 1. The van der Waals surface area contributed by atoms with Crippen LogP contribution >= 0.6 is 22.7 Å². The highest BCUT2D eigenvalue weighted by molar-refractivity contribution is 7.17. The highest BCUT2D eigenvalue weighted by atomic mass is 32.1. The van der Waals surface area contributed by atoms with Crippen LogP contribution < -0.4 is 5.56 Å². The van der Waals surface area contributed by atoms with Crippen molar-refractivity contribution in [2.24, 2.45) is 0 Å². The molecule has 4 heterocycles. The molecular weight excluding hydrogens is 356 g/mol. The van der Waals surface area contributed by atoms with E-state index in [9.17, 15) is 9.59 Å². The Bertz CT molecular complexity index is 1050. The van der Waals surface area contributed by atoms with E-state index >= 15 is 0 Å². The monoisotopic (exact) mass is 374 g/mol. The van der Waals surface area contributed by atoms with Crippen molar-refractivity contribution in [1.82, 2.24) is 19.4 Å². The van der Waals surface area contributed by atoms with Crippen LogP contribution in [-0.4, -0.2) is 38.4 Å². The largest absolute Gasteiger partial charge is 0.336 e. The van der Waals surface area contributed by atoms with Crippen LogP contribution in [0.5, 0.6) is 0 Å².